The smallest absolute Gasteiger partial charge is 0.131 e. The van der Waals surface area contributed by atoms with Crippen molar-refractivity contribution in [1.82, 2.24) is 0 Å². The maximum absolute atomic E-state index is 6.54. The maximum atomic E-state index is 6.54. The van der Waals surface area contributed by atoms with Crippen LogP contribution in [-0.4, -0.2) is 5.60 Å². The van der Waals surface area contributed by atoms with Gasteiger partial charge in [-0.05, 0) is 49.5 Å². The lowest BCUT2D eigenvalue weighted by atomic mass is 9.64. The summed E-state index contributed by atoms with van der Waals surface area (Å²) in [5.41, 5.74) is 1.40. The van der Waals surface area contributed by atoms with Gasteiger partial charge in [-0.15, -0.1) is 0 Å². The van der Waals surface area contributed by atoms with E-state index < -0.39 is 0 Å². The van der Waals surface area contributed by atoms with Crippen LogP contribution in [0.15, 0.2) is 36.4 Å². The van der Waals surface area contributed by atoms with Crippen LogP contribution in [0.3, 0.4) is 0 Å². The third-order valence-corrected chi connectivity index (χ3v) is 5.68. The number of fused-ring (bicyclic) bond motifs is 5. The van der Waals surface area contributed by atoms with Crippen molar-refractivity contribution in [2.24, 2.45) is 11.8 Å². The first-order valence-corrected chi connectivity index (χ1v) is 8.27. The monoisotopic (exact) mass is 280 g/mol. The molecular formula is C20H24O. The molecule has 21 heavy (non-hydrogen) atoms. The standard InChI is InChI=1S/C20H24O/c1-13-8-11-18-17(12-13)16-10-9-14-6-4-5-7-15(14)19(16)21-20(18,2)3/h4-7,9-10,13,17-18H,8,11-12H2,1-3H3/t13-,17+,18-/m1/s1. The van der Waals surface area contributed by atoms with Crippen LogP contribution in [0, 0.1) is 11.8 Å². The minimum absolute atomic E-state index is 0.0536. The number of ether oxygens (including phenoxy) is 1. The van der Waals surface area contributed by atoms with Gasteiger partial charge in [-0.3, -0.25) is 0 Å². The van der Waals surface area contributed by atoms with Crippen molar-refractivity contribution in [2.45, 2.75) is 51.6 Å². The molecule has 0 aromatic heterocycles. The van der Waals surface area contributed by atoms with Crippen LogP contribution >= 0.6 is 0 Å². The number of benzene rings is 2. The van der Waals surface area contributed by atoms with Crippen molar-refractivity contribution in [3.8, 4) is 5.75 Å². The topological polar surface area (TPSA) is 9.23 Å². The average molecular weight is 280 g/mol. The molecule has 1 aliphatic heterocycles. The molecular weight excluding hydrogens is 256 g/mol. The van der Waals surface area contributed by atoms with E-state index in [1.54, 1.807) is 0 Å². The molecule has 0 amide bonds. The molecule has 0 N–H and O–H groups in total. The van der Waals surface area contributed by atoms with Crippen LogP contribution in [0.4, 0.5) is 0 Å². The first kappa shape index (κ1) is 13.2. The van der Waals surface area contributed by atoms with Crippen LogP contribution < -0.4 is 4.74 Å². The third-order valence-electron chi connectivity index (χ3n) is 5.68. The minimum atomic E-state index is -0.0536. The fourth-order valence-corrected chi connectivity index (χ4v) is 4.56. The van der Waals surface area contributed by atoms with E-state index in [1.807, 2.05) is 0 Å². The van der Waals surface area contributed by atoms with Gasteiger partial charge in [0.15, 0.2) is 0 Å². The van der Waals surface area contributed by atoms with E-state index in [4.69, 9.17) is 4.74 Å². The summed E-state index contributed by atoms with van der Waals surface area (Å²) in [4.78, 5) is 0. The molecule has 2 aliphatic rings. The van der Waals surface area contributed by atoms with Crippen LogP contribution in [0.25, 0.3) is 10.8 Å². The molecule has 0 unspecified atom stereocenters. The Balaban J connectivity index is 1.93. The van der Waals surface area contributed by atoms with Crippen molar-refractivity contribution in [2.75, 3.05) is 0 Å². The predicted molar refractivity (Wildman–Crippen MR) is 87.9 cm³/mol. The van der Waals surface area contributed by atoms with Crippen molar-refractivity contribution in [3.63, 3.8) is 0 Å². The van der Waals surface area contributed by atoms with Crippen LogP contribution in [0.2, 0.25) is 0 Å². The second kappa shape index (κ2) is 4.50. The molecule has 4 rings (SSSR count). The molecule has 1 aliphatic carbocycles. The molecule has 110 valence electrons. The van der Waals surface area contributed by atoms with Gasteiger partial charge >= 0.3 is 0 Å². The quantitative estimate of drug-likeness (QED) is 0.616. The summed E-state index contributed by atoms with van der Waals surface area (Å²) >= 11 is 0. The van der Waals surface area contributed by atoms with Crippen LogP contribution in [0.5, 0.6) is 5.75 Å². The SMILES string of the molecule is C[C@@H]1CC[C@@H]2[C@@H](C1)c1ccc3ccccc3c1OC2(C)C. The molecule has 1 nitrogen and oxygen atoms in total. The Morgan fingerprint density at radius 2 is 1.86 bits per heavy atom. The highest BCUT2D eigenvalue weighted by atomic mass is 16.5. The zero-order valence-corrected chi connectivity index (χ0v) is 13.2. The Morgan fingerprint density at radius 3 is 2.71 bits per heavy atom. The van der Waals surface area contributed by atoms with E-state index >= 15 is 0 Å². The highest BCUT2D eigenvalue weighted by Crippen LogP contribution is 2.54. The molecule has 2 aromatic rings. The Hall–Kier alpha value is -1.50. The zero-order valence-electron chi connectivity index (χ0n) is 13.2. The van der Waals surface area contributed by atoms with Crippen molar-refractivity contribution < 1.29 is 4.74 Å². The van der Waals surface area contributed by atoms with Gasteiger partial charge in [0.2, 0.25) is 0 Å². The van der Waals surface area contributed by atoms with E-state index in [1.165, 1.54) is 35.6 Å². The largest absolute Gasteiger partial charge is 0.487 e. The number of rotatable bonds is 0. The summed E-state index contributed by atoms with van der Waals surface area (Å²) in [6, 6.07) is 13.2. The van der Waals surface area contributed by atoms with Gasteiger partial charge in [-0.25, -0.2) is 0 Å². The second-order valence-electron chi connectivity index (χ2n) is 7.54. The second-order valence-corrected chi connectivity index (χ2v) is 7.54. The summed E-state index contributed by atoms with van der Waals surface area (Å²) in [5, 5.41) is 2.56. The van der Waals surface area contributed by atoms with Gasteiger partial charge in [0, 0.05) is 11.3 Å². The fourth-order valence-electron chi connectivity index (χ4n) is 4.56. The Bertz CT molecular complexity index is 685. The lowest BCUT2D eigenvalue weighted by Gasteiger charge is -2.49. The molecule has 1 fully saturated rings. The lowest BCUT2D eigenvalue weighted by Crippen LogP contribution is -2.46. The molecule has 1 heteroatoms. The van der Waals surface area contributed by atoms with Crippen molar-refractivity contribution in [3.05, 3.63) is 42.0 Å². The molecule has 0 bridgehead atoms. The lowest BCUT2D eigenvalue weighted by molar-refractivity contribution is -0.0121. The summed E-state index contributed by atoms with van der Waals surface area (Å²) in [7, 11) is 0. The third kappa shape index (κ3) is 1.97. The van der Waals surface area contributed by atoms with Crippen LogP contribution in [-0.2, 0) is 0 Å². The minimum Gasteiger partial charge on any atom is -0.487 e. The molecule has 1 saturated carbocycles. The highest BCUT2D eigenvalue weighted by molar-refractivity contribution is 5.90. The van der Waals surface area contributed by atoms with Crippen molar-refractivity contribution >= 4 is 10.8 Å². The Labute approximate surface area is 127 Å². The first-order chi connectivity index (χ1) is 10.1. The van der Waals surface area contributed by atoms with Gasteiger partial charge in [0.25, 0.3) is 0 Å². The summed E-state index contributed by atoms with van der Waals surface area (Å²) in [5.74, 6) is 3.30. The van der Waals surface area contributed by atoms with Gasteiger partial charge < -0.3 is 4.74 Å². The van der Waals surface area contributed by atoms with Crippen molar-refractivity contribution in [1.29, 1.82) is 0 Å². The first-order valence-electron chi connectivity index (χ1n) is 8.27. The Morgan fingerprint density at radius 1 is 1.05 bits per heavy atom. The summed E-state index contributed by atoms with van der Waals surface area (Å²) < 4.78 is 6.54. The molecule has 2 aromatic carbocycles. The molecule has 3 atom stereocenters. The fraction of sp³-hybridized carbons (Fsp3) is 0.500. The van der Waals surface area contributed by atoms with Gasteiger partial charge in [-0.2, -0.15) is 0 Å². The highest BCUT2D eigenvalue weighted by Gasteiger charge is 2.46. The van der Waals surface area contributed by atoms with Gasteiger partial charge in [-0.1, -0.05) is 49.7 Å². The maximum Gasteiger partial charge on any atom is 0.131 e. The normalized spacial score (nSPS) is 30.3. The van der Waals surface area contributed by atoms with E-state index in [0.29, 0.717) is 11.8 Å². The van der Waals surface area contributed by atoms with Gasteiger partial charge in [0.1, 0.15) is 11.4 Å². The Kier molecular flexibility index (Phi) is 2.82. The number of hydrogen-bond acceptors (Lipinski definition) is 1. The average Bonchev–Trinajstić information content (AvgIpc) is 2.46. The number of hydrogen-bond donors (Lipinski definition) is 0. The van der Waals surface area contributed by atoms with Gasteiger partial charge in [0.05, 0.1) is 0 Å². The molecule has 1 heterocycles. The predicted octanol–water partition coefficient (Wildman–Crippen LogP) is 5.53. The summed E-state index contributed by atoms with van der Waals surface area (Å²) in [6.07, 6.45) is 3.95. The molecule has 0 saturated heterocycles. The van der Waals surface area contributed by atoms with E-state index in [2.05, 4.69) is 57.2 Å². The van der Waals surface area contributed by atoms with Crippen LogP contribution in [0.1, 0.15) is 51.5 Å². The van der Waals surface area contributed by atoms with E-state index in [0.717, 1.165) is 11.7 Å². The van der Waals surface area contributed by atoms with E-state index in [-0.39, 0.29) is 5.60 Å². The summed E-state index contributed by atoms with van der Waals surface area (Å²) in [6.45, 7) is 6.97. The van der Waals surface area contributed by atoms with E-state index in [9.17, 15) is 0 Å². The molecule has 0 radical (unpaired) electrons. The molecule has 0 spiro atoms. The zero-order chi connectivity index (χ0) is 14.6.